The lowest BCUT2D eigenvalue weighted by molar-refractivity contribution is -0.123. The zero-order valence-corrected chi connectivity index (χ0v) is 10.3. The van der Waals surface area contributed by atoms with Crippen LogP contribution in [-0.4, -0.2) is 24.5 Å². The molecular formula is C13H22N2O. The highest BCUT2D eigenvalue weighted by atomic mass is 16.1. The van der Waals surface area contributed by atoms with Gasteiger partial charge in [-0.1, -0.05) is 25.2 Å². The molecule has 1 aliphatic rings. The third-order valence-electron chi connectivity index (χ3n) is 3.47. The van der Waals surface area contributed by atoms with Crippen molar-refractivity contribution in [2.45, 2.75) is 57.0 Å². The monoisotopic (exact) mass is 222 g/mol. The Balaban J connectivity index is 2.49. The first-order chi connectivity index (χ1) is 7.62. The molecule has 0 saturated heterocycles. The average molecular weight is 222 g/mol. The van der Waals surface area contributed by atoms with Gasteiger partial charge in [0.2, 0.25) is 5.91 Å². The van der Waals surface area contributed by atoms with Crippen LogP contribution in [0.3, 0.4) is 0 Å². The van der Waals surface area contributed by atoms with E-state index in [1.54, 1.807) is 0 Å². The van der Waals surface area contributed by atoms with Crippen LogP contribution in [-0.2, 0) is 4.79 Å². The number of carbonyl (C=O) groups excluding carboxylic acids is 1. The van der Waals surface area contributed by atoms with E-state index in [4.69, 9.17) is 6.42 Å². The van der Waals surface area contributed by atoms with Gasteiger partial charge in [0.1, 0.15) is 0 Å². The summed E-state index contributed by atoms with van der Waals surface area (Å²) in [5.74, 6) is 2.57. The minimum Gasteiger partial charge on any atom is -0.343 e. The van der Waals surface area contributed by atoms with Crippen LogP contribution in [0.2, 0.25) is 0 Å². The van der Waals surface area contributed by atoms with Gasteiger partial charge in [-0.25, -0.2) is 0 Å². The Morgan fingerprint density at radius 1 is 1.44 bits per heavy atom. The summed E-state index contributed by atoms with van der Waals surface area (Å²) in [5, 5.41) is 6.15. The molecule has 90 valence electrons. The molecule has 2 N–H and O–H groups in total. The molecule has 1 unspecified atom stereocenters. The standard InChI is InChI=1S/C13H22N2O/c1-4-11(2)15-12(16)10-13(14-3)8-6-5-7-9-13/h1,11,14H,5-10H2,2-3H3,(H,15,16). The van der Waals surface area contributed by atoms with Crippen molar-refractivity contribution in [3.8, 4) is 12.3 Å². The van der Waals surface area contributed by atoms with Crippen molar-refractivity contribution in [1.29, 1.82) is 0 Å². The first kappa shape index (κ1) is 13.1. The summed E-state index contributed by atoms with van der Waals surface area (Å²) in [4.78, 5) is 11.8. The van der Waals surface area contributed by atoms with E-state index in [1.807, 2.05) is 14.0 Å². The molecule has 0 radical (unpaired) electrons. The number of hydrogen-bond acceptors (Lipinski definition) is 2. The van der Waals surface area contributed by atoms with Crippen LogP contribution >= 0.6 is 0 Å². The number of amides is 1. The van der Waals surface area contributed by atoms with Gasteiger partial charge in [0, 0.05) is 12.0 Å². The van der Waals surface area contributed by atoms with Gasteiger partial charge in [-0.15, -0.1) is 6.42 Å². The molecule has 1 aliphatic carbocycles. The summed E-state index contributed by atoms with van der Waals surface area (Å²) in [5.41, 5.74) is -0.00332. The number of hydrogen-bond donors (Lipinski definition) is 2. The molecule has 3 nitrogen and oxygen atoms in total. The normalized spacial score (nSPS) is 20.8. The zero-order chi connectivity index (χ0) is 12.0. The van der Waals surface area contributed by atoms with E-state index in [0.29, 0.717) is 6.42 Å². The molecule has 16 heavy (non-hydrogen) atoms. The molecule has 1 fully saturated rings. The Hall–Kier alpha value is -1.01. The maximum absolute atomic E-state index is 11.8. The zero-order valence-electron chi connectivity index (χ0n) is 10.3. The molecule has 1 atom stereocenters. The van der Waals surface area contributed by atoms with Crippen molar-refractivity contribution in [3.63, 3.8) is 0 Å². The quantitative estimate of drug-likeness (QED) is 0.707. The smallest absolute Gasteiger partial charge is 0.222 e. The maximum atomic E-state index is 11.8. The van der Waals surface area contributed by atoms with Crippen LogP contribution in [0.1, 0.15) is 45.4 Å². The van der Waals surface area contributed by atoms with Crippen molar-refractivity contribution in [3.05, 3.63) is 0 Å². The molecule has 0 aromatic rings. The van der Waals surface area contributed by atoms with Crippen molar-refractivity contribution < 1.29 is 4.79 Å². The van der Waals surface area contributed by atoms with E-state index < -0.39 is 0 Å². The highest BCUT2D eigenvalue weighted by Crippen LogP contribution is 2.30. The Morgan fingerprint density at radius 2 is 2.06 bits per heavy atom. The van der Waals surface area contributed by atoms with E-state index >= 15 is 0 Å². The second-order valence-electron chi connectivity index (χ2n) is 4.72. The summed E-state index contributed by atoms with van der Waals surface area (Å²) in [6.45, 7) is 1.82. The SMILES string of the molecule is C#CC(C)NC(=O)CC1(NC)CCCCC1. The molecular weight excluding hydrogens is 200 g/mol. The third-order valence-corrected chi connectivity index (χ3v) is 3.47. The van der Waals surface area contributed by atoms with E-state index in [9.17, 15) is 4.79 Å². The minimum absolute atomic E-state index is 0.00332. The van der Waals surface area contributed by atoms with E-state index in [0.717, 1.165) is 12.8 Å². The summed E-state index contributed by atoms with van der Waals surface area (Å²) >= 11 is 0. The maximum Gasteiger partial charge on any atom is 0.222 e. The molecule has 0 aliphatic heterocycles. The highest BCUT2D eigenvalue weighted by molar-refractivity contribution is 5.77. The lowest BCUT2D eigenvalue weighted by atomic mass is 9.79. The van der Waals surface area contributed by atoms with Crippen LogP contribution < -0.4 is 10.6 Å². The van der Waals surface area contributed by atoms with Crippen LogP contribution in [0.25, 0.3) is 0 Å². The van der Waals surface area contributed by atoms with Gasteiger partial charge in [0.15, 0.2) is 0 Å². The second kappa shape index (κ2) is 5.91. The molecule has 1 amide bonds. The Morgan fingerprint density at radius 3 is 2.56 bits per heavy atom. The van der Waals surface area contributed by atoms with Gasteiger partial charge in [-0.2, -0.15) is 0 Å². The lowest BCUT2D eigenvalue weighted by Crippen LogP contribution is -2.49. The Labute approximate surface area is 98.4 Å². The highest BCUT2D eigenvalue weighted by Gasteiger charge is 2.32. The number of carbonyl (C=O) groups is 1. The minimum atomic E-state index is -0.176. The molecule has 0 spiro atoms. The number of nitrogens with one attached hydrogen (secondary N) is 2. The summed E-state index contributed by atoms with van der Waals surface area (Å²) < 4.78 is 0. The predicted molar refractivity (Wildman–Crippen MR) is 65.9 cm³/mol. The lowest BCUT2D eigenvalue weighted by Gasteiger charge is -2.36. The van der Waals surface area contributed by atoms with Gasteiger partial charge in [-0.3, -0.25) is 4.79 Å². The predicted octanol–water partition coefficient (Wildman–Crippen LogP) is 1.44. The largest absolute Gasteiger partial charge is 0.343 e. The van der Waals surface area contributed by atoms with E-state index in [2.05, 4.69) is 16.6 Å². The molecule has 0 heterocycles. The number of terminal acetylenes is 1. The van der Waals surface area contributed by atoms with Crippen molar-refractivity contribution in [2.75, 3.05) is 7.05 Å². The molecule has 0 aromatic heterocycles. The van der Waals surface area contributed by atoms with Crippen LogP contribution in [0.4, 0.5) is 0 Å². The van der Waals surface area contributed by atoms with Crippen LogP contribution in [0, 0.1) is 12.3 Å². The topological polar surface area (TPSA) is 41.1 Å². The summed E-state index contributed by atoms with van der Waals surface area (Å²) in [6.07, 6.45) is 11.6. The van der Waals surface area contributed by atoms with Gasteiger partial charge < -0.3 is 10.6 Å². The Bertz CT molecular complexity index is 274. The van der Waals surface area contributed by atoms with Crippen molar-refractivity contribution in [2.24, 2.45) is 0 Å². The average Bonchev–Trinajstić information content (AvgIpc) is 2.29. The fraction of sp³-hybridized carbons (Fsp3) is 0.769. The molecule has 1 rings (SSSR count). The van der Waals surface area contributed by atoms with Gasteiger partial charge in [-0.05, 0) is 26.8 Å². The van der Waals surface area contributed by atoms with Crippen LogP contribution in [0.15, 0.2) is 0 Å². The first-order valence-electron chi connectivity index (χ1n) is 6.06. The van der Waals surface area contributed by atoms with Crippen molar-refractivity contribution in [1.82, 2.24) is 10.6 Å². The van der Waals surface area contributed by atoms with E-state index in [1.165, 1.54) is 19.3 Å². The molecule has 3 heteroatoms. The molecule has 1 saturated carbocycles. The fourth-order valence-electron chi connectivity index (χ4n) is 2.39. The fourth-order valence-corrected chi connectivity index (χ4v) is 2.39. The summed E-state index contributed by atoms with van der Waals surface area (Å²) in [6, 6.07) is -0.176. The van der Waals surface area contributed by atoms with Crippen molar-refractivity contribution >= 4 is 5.91 Å². The molecule has 0 bridgehead atoms. The van der Waals surface area contributed by atoms with Gasteiger partial charge in [0.05, 0.1) is 6.04 Å². The van der Waals surface area contributed by atoms with Gasteiger partial charge in [0.25, 0.3) is 0 Å². The summed E-state index contributed by atoms with van der Waals surface area (Å²) in [7, 11) is 1.95. The van der Waals surface area contributed by atoms with Crippen LogP contribution in [0.5, 0.6) is 0 Å². The Kier molecular flexibility index (Phi) is 4.82. The van der Waals surface area contributed by atoms with E-state index in [-0.39, 0.29) is 17.5 Å². The number of rotatable bonds is 4. The second-order valence-corrected chi connectivity index (χ2v) is 4.72. The third kappa shape index (κ3) is 3.53. The molecule has 0 aromatic carbocycles. The van der Waals surface area contributed by atoms with Gasteiger partial charge >= 0.3 is 0 Å². The first-order valence-corrected chi connectivity index (χ1v) is 6.06.